The van der Waals surface area contributed by atoms with Gasteiger partial charge in [-0.25, -0.2) is 14.4 Å². The number of hydrogen-bond donors (Lipinski definition) is 1. The van der Waals surface area contributed by atoms with E-state index in [9.17, 15) is 9.18 Å². The molecule has 0 bridgehead atoms. The van der Waals surface area contributed by atoms with Crippen LogP contribution in [0.5, 0.6) is 0 Å². The van der Waals surface area contributed by atoms with Crippen molar-refractivity contribution >= 4 is 5.91 Å². The number of nitrogens with one attached hydrogen (secondary N) is 1. The van der Waals surface area contributed by atoms with Crippen LogP contribution >= 0.6 is 0 Å². The van der Waals surface area contributed by atoms with Crippen LogP contribution in [-0.4, -0.2) is 63.4 Å². The Balaban J connectivity index is 1.28. The highest BCUT2D eigenvalue weighted by atomic mass is 19.1. The summed E-state index contributed by atoms with van der Waals surface area (Å²) in [5.74, 6) is -0.0857. The Bertz CT molecular complexity index is 929. The molecule has 2 fully saturated rings. The third kappa shape index (κ3) is 4.84. The predicted molar refractivity (Wildman–Crippen MR) is 123 cm³/mol. The van der Waals surface area contributed by atoms with Crippen LogP contribution in [0, 0.1) is 19.7 Å². The molecule has 172 valence electrons. The number of rotatable bonds is 5. The molecule has 1 N–H and O–H groups in total. The Labute approximate surface area is 190 Å². The van der Waals surface area contributed by atoms with E-state index in [-0.39, 0.29) is 17.3 Å². The Kier molecular flexibility index (Phi) is 6.86. The van der Waals surface area contributed by atoms with Crippen molar-refractivity contribution in [3.05, 3.63) is 58.9 Å². The molecule has 0 unspecified atom stereocenters. The van der Waals surface area contributed by atoms with Crippen LogP contribution in [0.15, 0.2) is 30.6 Å². The highest BCUT2D eigenvalue weighted by molar-refractivity contribution is 5.96. The maximum Gasteiger partial charge on any atom is 0.257 e. The second kappa shape index (κ2) is 9.63. The molecule has 4 rings (SSSR count). The smallest absolute Gasteiger partial charge is 0.257 e. The molecular formula is C25H34FN5O. The zero-order valence-corrected chi connectivity index (χ0v) is 19.4. The van der Waals surface area contributed by atoms with Gasteiger partial charge in [0.05, 0.1) is 17.0 Å². The number of aromatic nitrogens is 2. The van der Waals surface area contributed by atoms with Gasteiger partial charge in [0, 0.05) is 49.9 Å². The van der Waals surface area contributed by atoms with Crippen molar-refractivity contribution in [2.45, 2.75) is 64.6 Å². The number of amides is 1. The minimum atomic E-state index is -0.140. The van der Waals surface area contributed by atoms with Crippen molar-refractivity contribution in [3.8, 4) is 0 Å². The Morgan fingerprint density at radius 1 is 1.09 bits per heavy atom. The van der Waals surface area contributed by atoms with Crippen LogP contribution < -0.4 is 5.32 Å². The van der Waals surface area contributed by atoms with E-state index in [1.807, 2.05) is 30.9 Å². The molecular weight excluding hydrogens is 405 g/mol. The molecule has 2 aliphatic heterocycles. The predicted octanol–water partition coefficient (Wildman–Crippen LogP) is 3.48. The fraction of sp³-hybridized carbons (Fsp3) is 0.560. The monoisotopic (exact) mass is 439 g/mol. The minimum Gasteiger partial charge on any atom is -0.338 e. The van der Waals surface area contributed by atoms with Gasteiger partial charge in [-0.3, -0.25) is 9.69 Å². The topological polar surface area (TPSA) is 61.4 Å². The van der Waals surface area contributed by atoms with Crippen molar-refractivity contribution in [3.63, 3.8) is 0 Å². The number of aryl methyl sites for hydroxylation is 2. The minimum absolute atomic E-state index is 0.0544. The van der Waals surface area contributed by atoms with Gasteiger partial charge in [-0.15, -0.1) is 0 Å². The van der Waals surface area contributed by atoms with E-state index in [4.69, 9.17) is 0 Å². The summed E-state index contributed by atoms with van der Waals surface area (Å²) in [6.45, 7) is 10.2. The van der Waals surface area contributed by atoms with Crippen LogP contribution in [0.3, 0.4) is 0 Å². The average molecular weight is 440 g/mol. The first-order chi connectivity index (χ1) is 15.4. The van der Waals surface area contributed by atoms with Crippen LogP contribution in [0.2, 0.25) is 0 Å². The molecule has 1 aromatic heterocycles. The molecule has 7 heteroatoms. The number of carbonyl (C=O) groups excluding carboxylic acids is 1. The molecule has 2 aliphatic rings. The second-order valence-corrected chi connectivity index (χ2v) is 9.44. The molecule has 0 spiro atoms. The van der Waals surface area contributed by atoms with Crippen LogP contribution in [0.25, 0.3) is 0 Å². The molecule has 0 aliphatic carbocycles. The van der Waals surface area contributed by atoms with Crippen LogP contribution in [-0.2, 0) is 6.54 Å². The summed E-state index contributed by atoms with van der Waals surface area (Å²) in [5, 5.41) is 3.53. The zero-order chi connectivity index (χ0) is 22.7. The molecule has 32 heavy (non-hydrogen) atoms. The lowest BCUT2D eigenvalue weighted by molar-refractivity contribution is 0.0152. The Hall–Kier alpha value is -2.38. The van der Waals surface area contributed by atoms with E-state index >= 15 is 0 Å². The maximum atomic E-state index is 13.9. The fourth-order valence-corrected chi connectivity index (χ4v) is 5.09. The van der Waals surface area contributed by atoms with Gasteiger partial charge in [0.1, 0.15) is 12.1 Å². The second-order valence-electron chi connectivity index (χ2n) is 9.44. The summed E-state index contributed by atoms with van der Waals surface area (Å²) >= 11 is 0. The standard InChI is InChI=1S/C25H34FN5O/c1-18-23(19(2)29-17-28-18)24(32)30-14-10-25(3,11-15-30)31-12-8-21(9-13-31)27-16-20-6-4-5-7-22(20)26/h4-7,17,21,27H,8-16H2,1-3H3. The molecule has 0 radical (unpaired) electrons. The van der Waals surface area contributed by atoms with Crippen molar-refractivity contribution in [1.29, 1.82) is 0 Å². The number of benzene rings is 1. The SMILES string of the molecule is Cc1ncnc(C)c1C(=O)N1CCC(C)(N2CCC(NCc3ccccc3F)CC2)CC1. The summed E-state index contributed by atoms with van der Waals surface area (Å²) in [5.41, 5.74) is 3.00. The lowest BCUT2D eigenvalue weighted by Gasteiger charge is -2.49. The van der Waals surface area contributed by atoms with Crippen LogP contribution in [0.4, 0.5) is 4.39 Å². The molecule has 1 aromatic carbocycles. The molecule has 2 aromatic rings. The van der Waals surface area contributed by atoms with Crippen molar-refractivity contribution < 1.29 is 9.18 Å². The number of nitrogens with zero attached hydrogens (tertiary/aromatic N) is 4. The lowest BCUT2D eigenvalue weighted by Crippen LogP contribution is -2.57. The van der Waals surface area contributed by atoms with Crippen LogP contribution in [0.1, 0.15) is 59.9 Å². The van der Waals surface area contributed by atoms with Crippen molar-refractivity contribution in [2.75, 3.05) is 26.2 Å². The zero-order valence-electron chi connectivity index (χ0n) is 19.4. The first-order valence-electron chi connectivity index (χ1n) is 11.7. The first kappa shape index (κ1) is 22.8. The lowest BCUT2D eigenvalue weighted by atomic mass is 9.85. The Morgan fingerprint density at radius 2 is 1.72 bits per heavy atom. The largest absolute Gasteiger partial charge is 0.338 e. The van der Waals surface area contributed by atoms with E-state index < -0.39 is 0 Å². The number of carbonyl (C=O) groups is 1. The molecule has 0 saturated carbocycles. The maximum absolute atomic E-state index is 13.9. The first-order valence-corrected chi connectivity index (χ1v) is 11.7. The molecule has 3 heterocycles. The van der Waals surface area contributed by atoms with Gasteiger partial charge in [-0.2, -0.15) is 0 Å². The fourth-order valence-electron chi connectivity index (χ4n) is 5.09. The normalized spacial score (nSPS) is 19.8. The van der Waals surface area contributed by atoms with E-state index in [0.717, 1.165) is 68.8 Å². The van der Waals surface area contributed by atoms with Gasteiger partial charge in [0.15, 0.2) is 0 Å². The van der Waals surface area contributed by atoms with E-state index in [1.54, 1.807) is 6.07 Å². The number of hydrogen-bond acceptors (Lipinski definition) is 5. The van der Waals surface area contributed by atoms with Crippen molar-refractivity contribution in [1.82, 2.24) is 25.1 Å². The van der Waals surface area contributed by atoms with E-state index in [0.29, 0.717) is 18.2 Å². The van der Waals surface area contributed by atoms with Gasteiger partial charge < -0.3 is 10.2 Å². The number of likely N-dealkylation sites (tertiary alicyclic amines) is 2. The van der Waals surface area contributed by atoms with Crippen molar-refractivity contribution in [2.24, 2.45) is 0 Å². The summed E-state index contributed by atoms with van der Waals surface area (Å²) in [6.07, 6.45) is 5.58. The quantitative estimate of drug-likeness (QED) is 0.773. The Morgan fingerprint density at radius 3 is 2.34 bits per heavy atom. The van der Waals surface area contributed by atoms with Gasteiger partial charge >= 0.3 is 0 Å². The number of halogens is 1. The molecule has 2 saturated heterocycles. The summed E-state index contributed by atoms with van der Waals surface area (Å²) in [4.78, 5) is 26.1. The average Bonchev–Trinajstić information content (AvgIpc) is 2.79. The van der Waals surface area contributed by atoms with Gasteiger partial charge in [-0.1, -0.05) is 18.2 Å². The summed E-state index contributed by atoms with van der Waals surface area (Å²) in [6, 6.07) is 7.39. The summed E-state index contributed by atoms with van der Waals surface area (Å²) in [7, 11) is 0. The highest BCUT2D eigenvalue weighted by Crippen LogP contribution is 2.32. The van der Waals surface area contributed by atoms with Gasteiger partial charge in [-0.05, 0) is 52.5 Å². The molecule has 6 nitrogen and oxygen atoms in total. The summed E-state index contributed by atoms with van der Waals surface area (Å²) < 4.78 is 13.9. The van der Waals surface area contributed by atoms with E-state index in [2.05, 4.69) is 27.1 Å². The third-order valence-corrected chi connectivity index (χ3v) is 7.37. The molecule has 0 atom stereocenters. The van der Waals surface area contributed by atoms with Gasteiger partial charge in [0.25, 0.3) is 5.91 Å². The third-order valence-electron chi connectivity index (χ3n) is 7.37. The highest BCUT2D eigenvalue weighted by Gasteiger charge is 2.38. The number of piperidine rings is 2. The van der Waals surface area contributed by atoms with Gasteiger partial charge in [0.2, 0.25) is 0 Å². The molecule has 1 amide bonds. The van der Waals surface area contributed by atoms with E-state index in [1.165, 1.54) is 12.4 Å².